The third-order valence-corrected chi connectivity index (χ3v) is 6.38. The highest BCUT2D eigenvalue weighted by molar-refractivity contribution is 14.2. The van der Waals surface area contributed by atoms with E-state index < -0.39 is 0 Å². The van der Waals surface area contributed by atoms with Crippen LogP contribution in [0.15, 0.2) is 48.1 Å². The first-order valence-corrected chi connectivity index (χ1v) is 11.7. The summed E-state index contributed by atoms with van der Waals surface area (Å²) in [6.45, 7) is 4.20. The molecule has 0 bridgehead atoms. The molecule has 0 unspecified atom stereocenters. The first-order chi connectivity index (χ1) is 12.6. The molecule has 0 atom stereocenters. The van der Waals surface area contributed by atoms with Gasteiger partial charge in [0, 0.05) is 57.6 Å². The Bertz CT molecular complexity index is 967. The number of hydrogen-bond acceptors (Lipinski definition) is 4. The van der Waals surface area contributed by atoms with Gasteiger partial charge in [0.1, 0.15) is 11.9 Å². The van der Waals surface area contributed by atoms with E-state index in [1.54, 1.807) is 15.1 Å². The fourth-order valence-corrected chi connectivity index (χ4v) is 4.75. The minimum Gasteiger partial charge on any atom is -0.374 e. The molecule has 0 fully saturated rings. The number of rotatable bonds is 3. The lowest BCUT2D eigenvalue weighted by Gasteiger charge is -2.13. The molecule has 0 saturated carbocycles. The summed E-state index contributed by atoms with van der Waals surface area (Å²) in [5.41, 5.74) is 5.91. The first kappa shape index (κ1) is 19.3. The van der Waals surface area contributed by atoms with Crippen LogP contribution >= 0.6 is 41.7 Å². The average Bonchev–Trinajstić information content (AvgIpc) is 3.23. The summed E-state index contributed by atoms with van der Waals surface area (Å²) in [6, 6.07) is 8.55. The number of aromatic nitrogens is 2. The molecule has 3 aromatic rings. The molecular formula is C19H17ClIN3OS. The van der Waals surface area contributed by atoms with Gasteiger partial charge < -0.3 is 9.88 Å². The van der Waals surface area contributed by atoms with Crippen LogP contribution in [0.2, 0.25) is 5.02 Å². The third-order valence-electron chi connectivity index (χ3n) is 4.28. The summed E-state index contributed by atoms with van der Waals surface area (Å²) in [4.78, 5) is 19.2. The van der Waals surface area contributed by atoms with Crippen molar-refractivity contribution in [2.75, 3.05) is 18.5 Å². The van der Waals surface area contributed by atoms with Gasteiger partial charge in [-0.05, 0) is 44.7 Å². The van der Waals surface area contributed by atoms with Crippen LogP contribution in [0, 0.1) is 0 Å². The molecule has 3 heterocycles. The van der Waals surface area contributed by atoms with Crippen molar-refractivity contribution >= 4 is 64.7 Å². The zero-order valence-electron chi connectivity index (χ0n) is 14.1. The van der Waals surface area contributed by atoms with E-state index in [0.717, 1.165) is 39.6 Å². The molecule has 134 valence electrons. The summed E-state index contributed by atoms with van der Waals surface area (Å²) in [5, 5.41) is 2.84. The number of benzene rings is 1. The second kappa shape index (κ2) is 8.45. The van der Waals surface area contributed by atoms with Crippen LogP contribution in [0.5, 0.6) is 0 Å². The highest BCUT2D eigenvalue weighted by Crippen LogP contribution is 2.43. The number of nitrogens with zero attached hydrogens (tertiary/aromatic N) is 2. The van der Waals surface area contributed by atoms with Crippen molar-refractivity contribution in [1.29, 1.82) is 0 Å². The predicted molar refractivity (Wildman–Crippen MR) is 120 cm³/mol. The van der Waals surface area contributed by atoms with E-state index in [1.807, 2.05) is 6.07 Å². The van der Waals surface area contributed by atoms with Gasteiger partial charge in [-0.3, -0.25) is 4.79 Å². The van der Waals surface area contributed by atoms with Crippen molar-refractivity contribution in [3.8, 4) is 11.1 Å². The van der Waals surface area contributed by atoms with Crippen molar-refractivity contribution in [2.45, 2.75) is 11.4 Å². The lowest BCUT2D eigenvalue weighted by atomic mass is 10.0. The lowest BCUT2D eigenvalue weighted by molar-refractivity contribution is -0.104. The van der Waals surface area contributed by atoms with Gasteiger partial charge in [0.25, 0.3) is 0 Å². The summed E-state index contributed by atoms with van der Waals surface area (Å²) >= 11 is 8.74. The van der Waals surface area contributed by atoms with E-state index in [9.17, 15) is 0 Å². The molecule has 7 heteroatoms. The molecule has 4 rings (SSSR count). The van der Waals surface area contributed by atoms with Crippen molar-refractivity contribution < 1.29 is 4.79 Å². The number of aromatic amines is 1. The van der Waals surface area contributed by atoms with Crippen LogP contribution < -0.4 is 4.90 Å². The molecule has 1 aliphatic heterocycles. The molecule has 0 saturated heterocycles. The van der Waals surface area contributed by atoms with E-state index in [4.69, 9.17) is 16.4 Å². The molecule has 0 spiro atoms. The maximum Gasteiger partial charge on any atom is 0.142 e. The number of carbonyl (C=O) groups excluding carboxylic acids is 1. The Labute approximate surface area is 173 Å². The standard InChI is InChI=1S/C16H13ClIN3S.C3H4O/c1-21-7-5-9-2-3-10(8-12(9)21)13-14-11(17)4-6-19-15(14)20-16(13)22-18;1-2-3-4/h2-4,6,8H,5,7H2,1H3,(H,19,20);2-3H,1H2. The van der Waals surface area contributed by atoms with Crippen molar-refractivity contribution in [3.05, 3.63) is 53.7 Å². The third kappa shape index (κ3) is 3.63. The van der Waals surface area contributed by atoms with Gasteiger partial charge in [-0.2, -0.15) is 0 Å². The predicted octanol–water partition coefficient (Wildman–Crippen LogP) is 5.69. The summed E-state index contributed by atoms with van der Waals surface area (Å²) < 4.78 is 0. The first-order valence-electron chi connectivity index (χ1n) is 7.96. The Morgan fingerprint density at radius 1 is 1.42 bits per heavy atom. The van der Waals surface area contributed by atoms with Crippen molar-refractivity contribution in [1.82, 2.24) is 9.97 Å². The van der Waals surface area contributed by atoms with Gasteiger partial charge in [0.2, 0.25) is 0 Å². The number of likely N-dealkylation sites (N-methyl/N-ethyl adjacent to an activating group) is 1. The van der Waals surface area contributed by atoms with Gasteiger partial charge in [0.15, 0.2) is 0 Å². The molecule has 0 aliphatic carbocycles. The second-order valence-corrected chi connectivity index (χ2v) is 8.10. The summed E-state index contributed by atoms with van der Waals surface area (Å²) in [7, 11) is 3.81. The number of pyridine rings is 1. The Hall–Kier alpha value is -1.51. The number of carbonyl (C=O) groups is 1. The number of fused-ring (bicyclic) bond motifs is 2. The Morgan fingerprint density at radius 2 is 2.19 bits per heavy atom. The molecule has 4 nitrogen and oxygen atoms in total. The smallest absolute Gasteiger partial charge is 0.142 e. The fraction of sp³-hybridized carbons (Fsp3) is 0.158. The molecule has 1 aromatic carbocycles. The van der Waals surface area contributed by atoms with Crippen LogP contribution in [-0.2, 0) is 11.2 Å². The molecule has 0 amide bonds. The summed E-state index contributed by atoms with van der Waals surface area (Å²) in [6.07, 6.45) is 4.69. The molecule has 0 radical (unpaired) electrons. The maximum atomic E-state index is 9.06. The topological polar surface area (TPSA) is 49.0 Å². The number of hydrogen-bond donors (Lipinski definition) is 1. The number of allylic oxidation sites excluding steroid dienone is 1. The van der Waals surface area contributed by atoms with E-state index in [2.05, 4.69) is 67.9 Å². The van der Waals surface area contributed by atoms with E-state index in [1.165, 1.54) is 22.9 Å². The molecule has 1 aliphatic rings. The fourth-order valence-electron chi connectivity index (χ4n) is 3.08. The highest BCUT2D eigenvalue weighted by Gasteiger charge is 2.20. The van der Waals surface area contributed by atoms with Crippen molar-refractivity contribution in [3.63, 3.8) is 0 Å². The van der Waals surface area contributed by atoms with E-state index in [0.29, 0.717) is 6.29 Å². The zero-order chi connectivity index (χ0) is 18.7. The van der Waals surface area contributed by atoms with Gasteiger partial charge in [-0.1, -0.05) is 30.3 Å². The number of nitrogens with one attached hydrogen (secondary N) is 1. The second-order valence-electron chi connectivity index (χ2n) is 5.81. The van der Waals surface area contributed by atoms with Crippen LogP contribution in [0.4, 0.5) is 5.69 Å². The molecule has 2 aromatic heterocycles. The van der Waals surface area contributed by atoms with Gasteiger partial charge in [-0.15, -0.1) is 0 Å². The monoisotopic (exact) mass is 497 g/mol. The minimum absolute atomic E-state index is 0.639. The maximum absolute atomic E-state index is 9.06. The highest BCUT2D eigenvalue weighted by atomic mass is 127. The lowest BCUT2D eigenvalue weighted by Crippen LogP contribution is -2.12. The van der Waals surface area contributed by atoms with Gasteiger partial charge in [0.05, 0.1) is 10.0 Å². The van der Waals surface area contributed by atoms with Gasteiger partial charge >= 0.3 is 0 Å². The van der Waals surface area contributed by atoms with E-state index >= 15 is 0 Å². The summed E-state index contributed by atoms with van der Waals surface area (Å²) in [5.74, 6) is 0. The Balaban J connectivity index is 0.000000447. The molecule has 1 N–H and O–H groups in total. The normalized spacial score (nSPS) is 12.5. The number of H-pyrrole nitrogens is 1. The molecular weight excluding hydrogens is 481 g/mol. The Kier molecular flexibility index (Phi) is 6.26. The minimum atomic E-state index is 0.639. The van der Waals surface area contributed by atoms with Crippen LogP contribution in [-0.4, -0.2) is 29.8 Å². The van der Waals surface area contributed by atoms with Crippen molar-refractivity contribution in [2.24, 2.45) is 0 Å². The SMILES string of the molecule is C=CC=O.CN1CCc2ccc(-c3c(SI)[nH]c4nccc(Cl)c34)cc21. The molecule has 26 heavy (non-hydrogen) atoms. The zero-order valence-corrected chi connectivity index (χ0v) is 17.9. The number of anilines is 1. The van der Waals surface area contributed by atoms with Crippen LogP contribution in [0.3, 0.4) is 0 Å². The number of halogens is 2. The van der Waals surface area contributed by atoms with Gasteiger partial charge in [-0.25, -0.2) is 4.98 Å². The average molecular weight is 498 g/mol. The number of aldehydes is 1. The van der Waals surface area contributed by atoms with Crippen LogP contribution in [0.25, 0.3) is 22.2 Å². The largest absolute Gasteiger partial charge is 0.374 e. The Morgan fingerprint density at radius 3 is 2.88 bits per heavy atom. The van der Waals surface area contributed by atoms with Crippen LogP contribution in [0.1, 0.15) is 5.56 Å². The van der Waals surface area contributed by atoms with E-state index in [-0.39, 0.29) is 0 Å². The quantitative estimate of drug-likeness (QED) is 0.287.